The van der Waals surface area contributed by atoms with E-state index >= 15 is 0 Å². The smallest absolute Gasteiger partial charge is 0.271 e. The first kappa shape index (κ1) is 29.1. The lowest BCUT2D eigenvalue weighted by Gasteiger charge is -2.27. The third-order valence-electron chi connectivity index (χ3n) is 7.73. The van der Waals surface area contributed by atoms with Crippen LogP contribution in [0.5, 0.6) is 5.75 Å². The number of nitriles is 1. The lowest BCUT2D eigenvalue weighted by molar-refractivity contribution is -0.140. The largest absolute Gasteiger partial charge is 0.489 e. The first-order chi connectivity index (χ1) is 22.0. The Hall–Kier alpha value is -6.00. The first-order valence-corrected chi connectivity index (χ1v) is 14.7. The maximum absolute atomic E-state index is 13.8. The van der Waals surface area contributed by atoms with Crippen molar-refractivity contribution in [3.63, 3.8) is 0 Å². The fourth-order valence-electron chi connectivity index (χ4n) is 5.25. The van der Waals surface area contributed by atoms with Gasteiger partial charge in [-0.1, -0.05) is 78.9 Å². The normalized spacial score (nSPS) is 14.1. The van der Waals surface area contributed by atoms with Crippen LogP contribution in [-0.2, 0) is 22.6 Å². The van der Waals surface area contributed by atoms with Crippen LogP contribution in [0.25, 0.3) is 23.0 Å². The van der Waals surface area contributed by atoms with Crippen molar-refractivity contribution in [2.75, 3.05) is 6.54 Å². The molecule has 0 radical (unpaired) electrons. The van der Waals surface area contributed by atoms with E-state index in [1.54, 1.807) is 17.7 Å². The summed E-state index contributed by atoms with van der Waals surface area (Å²) < 4.78 is 7.74. The van der Waals surface area contributed by atoms with Gasteiger partial charge in [0, 0.05) is 29.4 Å². The Kier molecular flexibility index (Phi) is 8.47. The Bertz CT molecular complexity index is 1940. The average molecular weight is 591 g/mol. The minimum absolute atomic E-state index is 0.0363. The van der Waals surface area contributed by atoms with E-state index in [9.17, 15) is 14.9 Å². The quantitative estimate of drug-likeness (QED) is 0.137. The van der Waals surface area contributed by atoms with Crippen molar-refractivity contribution >= 4 is 17.9 Å². The van der Waals surface area contributed by atoms with Gasteiger partial charge in [-0.05, 0) is 72.5 Å². The zero-order valence-electron chi connectivity index (χ0n) is 24.8. The van der Waals surface area contributed by atoms with Gasteiger partial charge < -0.3 is 4.74 Å². The molecule has 5 aromatic rings. The summed E-state index contributed by atoms with van der Waals surface area (Å²) in [5.74, 6) is -0.285. The van der Waals surface area contributed by atoms with Gasteiger partial charge in [0.05, 0.1) is 11.4 Å². The van der Waals surface area contributed by atoms with Crippen molar-refractivity contribution in [2.45, 2.75) is 20.0 Å². The highest BCUT2D eigenvalue weighted by Crippen LogP contribution is 2.32. The summed E-state index contributed by atoms with van der Waals surface area (Å²) in [4.78, 5) is 28.2. The molecule has 1 aliphatic heterocycles. The minimum atomic E-state index is -0.570. The molecule has 0 spiro atoms. The maximum Gasteiger partial charge on any atom is 0.271 e. The van der Waals surface area contributed by atoms with Crippen LogP contribution in [0.4, 0.5) is 0 Å². The first-order valence-electron chi connectivity index (χ1n) is 14.7. The second-order valence-electron chi connectivity index (χ2n) is 10.7. The zero-order chi connectivity index (χ0) is 31.2. The zero-order valence-corrected chi connectivity index (χ0v) is 24.8. The molecule has 2 amide bonds. The van der Waals surface area contributed by atoms with Gasteiger partial charge in [-0.2, -0.15) is 10.4 Å². The summed E-state index contributed by atoms with van der Waals surface area (Å²) in [5, 5.41) is 14.8. The number of carbonyl (C=O) groups is 2. The van der Waals surface area contributed by atoms with Gasteiger partial charge in [-0.25, -0.2) is 4.68 Å². The maximum atomic E-state index is 13.8. The van der Waals surface area contributed by atoms with Crippen molar-refractivity contribution in [1.29, 1.82) is 5.26 Å². The Morgan fingerprint density at radius 3 is 2.07 bits per heavy atom. The Morgan fingerprint density at radius 1 is 0.800 bits per heavy atom. The highest BCUT2D eigenvalue weighted by atomic mass is 16.5. The lowest BCUT2D eigenvalue weighted by atomic mass is 9.93. The predicted octanol–water partition coefficient (Wildman–Crippen LogP) is 6.95. The molecule has 0 unspecified atom stereocenters. The summed E-state index contributed by atoms with van der Waals surface area (Å²) in [6.45, 7) is 2.27. The van der Waals surface area contributed by atoms with E-state index in [0.29, 0.717) is 29.9 Å². The molecule has 0 fully saturated rings. The highest BCUT2D eigenvalue weighted by Gasteiger charge is 2.35. The number of aromatic nitrogens is 2. The van der Waals surface area contributed by atoms with Crippen molar-refractivity contribution < 1.29 is 14.3 Å². The second kappa shape index (κ2) is 13.1. The van der Waals surface area contributed by atoms with Gasteiger partial charge in [-0.15, -0.1) is 0 Å². The van der Waals surface area contributed by atoms with E-state index in [1.165, 1.54) is 4.90 Å². The number of carbonyl (C=O) groups excluding carboxylic acids is 2. The molecule has 220 valence electrons. The van der Waals surface area contributed by atoms with Crippen LogP contribution in [0, 0.1) is 11.3 Å². The summed E-state index contributed by atoms with van der Waals surface area (Å²) in [6.07, 6.45) is 4.08. The molecule has 0 bridgehead atoms. The van der Waals surface area contributed by atoms with Gasteiger partial charge in [0.2, 0.25) is 0 Å². The molecule has 0 atom stereocenters. The fraction of sp³-hybridized carbons (Fsp3) is 0.105. The summed E-state index contributed by atoms with van der Waals surface area (Å²) in [6, 6.07) is 39.0. The third-order valence-corrected chi connectivity index (χ3v) is 7.73. The van der Waals surface area contributed by atoms with E-state index in [0.717, 1.165) is 28.1 Å². The number of amides is 2. The monoisotopic (exact) mass is 590 g/mol. The molecule has 0 saturated carbocycles. The molecule has 0 aliphatic carbocycles. The molecule has 1 aliphatic rings. The van der Waals surface area contributed by atoms with Gasteiger partial charge in [0.15, 0.2) is 0 Å². The standard InChI is InChI=1S/C38H30N4O3/c1-27-34(37(43)41(38(44)35(27)24-39)22-21-28-11-5-2-6-12-28)23-31-25-42(32-15-9-4-10-16-32)40-36(31)30-17-19-33(20-18-30)45-26-29-13-7-3-8-14-29/h2-20,23,25H,21-22,26H2,1H3/b34-23+. The van der Waals surface area contributed by atoms with Crippen LogP contribution in [-0.4, -0.2) is 33.0 Å². The van der Waals surface area contributed by atoms with E-state index < -0.39 is 11.8 Å². The number of hydrogen-bond donors (Lipinski definition) is 0. The number of hydrogen-bond acceptors (Lipinski definition) is 5. The number of ether oxygens (including phenoxy) is 1. The molecule has 45 heavy (non-hydrogen) atoms. The molecule has 2 heterocycles. The molecule has 0 saturated heterocycles. The van der Waals surface area contributed by atoms with Crippen LogP contribution < -0.4 is 4.74 Å². The molecule has 7 heteroatoms. The third kappa shape index (κ3) is 6.36. The van der Waals surface area contributed by atoms with Crippen LogP contribution in [0.3, 0.4) is 0 Å². The van der Waals surface area contributed by atoms with Gasteiger partial charge >= 0.3 is 0 Å². The van der Waals surface area contributed by atoms with Gasteiger partial charge in [-0.3, -0.25) is 14.5 Å². The SMILES string of the molecule is CC1=C(C#N)C(=O)N(CCc2ccccc2)C(=O)/C1=C/c1cn(-c2ccccc2)nc1-c1ccc(OCc2ccccc2)cc1. The van der Waals surface area contributed by atoms with Crippen molar-refractivity contribution in [3.8, 4) is 28.8 Å². The number of nitrogens with zero attached hydrogens (tertiary/aromatic N) is 4. The van der Waals surface area contributed by atoms with Crippen LogP contribution in [0.1, 0.15) is 23.6 Å². The number of benzene rings is 4. The van der Waals surface area contributed by atoms with Crippen molar-refractivity contribution in [3.05, 3.63) is 155 Å². The van der Waals surface area contributed by atoms with E-state index in [-0.39, 0.29) is 17.7 Å². The fourth-order valence-corrected chi connectivity index (χ4v) is 5.25. The molecule has 7 nitrogen and oxygen atoms in total. The lowest BCUT2D eigenvalue weighted by Crippen LogP contribution is -2.43. The Balaban J connectivity index is 1.36. The summed E-state index contributed by atoms with van der Waals surface area (Å²) in [5.41, 5.74) is 5.67. The molecular weight excluding hydrogens is 560 g/mol. The van der Waals surface area contributed by atoms with Gasteiger partial charge in [0.25, 0.3) is 11.8 Å². The number of para-hydroxylation sites is 1. The second-order valence-corrected chi connectivity index (χ2v) is 10.7. The summed E-state index contributed by atoms with van der Waals surface area (Å²) in [7, 11) is 0. The average Bonchev–Trinajstić information content (AvgIpc) is 3.51. The topological polar surface area (TPSA) is 88.2 Å². The van der Waals surface area contributed by atoms with E-state index in [4.69, 9.17) is 9.84 Å². The number of rotatable bonds is 9. The van der Waals surface area contributed by atoms with Crippen molar-refractivity contribution in [2.24, 2.45) is 0 Å². The molecule has 1 aromatic heterocycles. The van der Waals surface area contributed by atoms with E-state index in [1.807, 2.05) is 128 Å². The molecule has 6 rings (SSSR count). The highest BCUT2D eigenvalue weighted by molar-refractivity contribution is 6.19. The Morgan fingerprint density at radius 2 is 1.42 bits per heavy atom. The predicted molar refractivity (Wildman–Crippen MR) is 173 cm³/mol. The van der Waals surface area contributed by atoms with Crippen LogP contribution in [0.15, 0.2) is 138 Å². The van der Waals surface area contributed by atoms with Crippen LogP contribution in [0.2, 0.25) is 0 Å². The van der Waals surface area contributed by atoms with Crippen molar-refractivity contribution in [1.82, 2.24) is 14.7 Å². The minimum Gasteiger partial charge on any atom is -0.489 e. The number of imide groups is 1. The van der Waals surface area contributed by atoms with Gasteiger partial charge in [0.1, 0.15) is 24.0 Å². The molecule has 0 N–H and O–H groups in total. The van der Waals surface area contributed by atoms with Crippen LogP contribution >= 0.6 is 0 Å². The molecular formula is C38H30N4O3. The Labute approximate surface area is 261 Å². The summed E-state index contributed by atoms with van der Waals surface area (Å²) >= 11 is 0. The van der Waals surface area contributed by atoms with E-state index in [2.05, 4.69) is 0 Å². The molecule has 4 aromatic carbocycles.